The van der Waals surface area contributed by atoms with Crippen molar-refractivity contribution >= 4 is 5.82 Å². The molecular formula is C7H12N4O2. The number of hydrogen-bond acceptors (Lipinski definition) is 5. The van der Waals surface area contributed by atoms with E-state index in [1.165, 1.54) is 7.11 Å². The van der Waals surface area contributed by atoms with Gasteiger partial charge in [0.15, 0.2) is 0 Å². The van der Waals surface area contributed by atoms with E-state index in [2.05, 4.69) is 15.3 Å². The molecule has 1 aliphatic rings. The number of fused-ring (bicyclic) bond motifs is 1. The van der Waals surface area contributed by atoms with E-state index in [1.54, 1.807) is 6.07 Å². The van der Waals surface area contributed by atoms with E-state index in [9.17, 15) is 5.21 Å². The first-order valence-corrected chi connectivity index (χ1v) is 4.12. The van der Waals surface area contributed by atoms with Crippen LogP contribution in [-0.2, 0) is 17.9 Å². The Bertz CT molecular complexity index is 275. The number of rotatable bonds is 2. The maximum Gasteiger partial charge on any atom is 0.204 e. The second-order valence-electron chi connectivity index (χ2n) is 2.85. The molecule has 0 spiro atoms. The molecule has 0 radical (unpaired) electrons. The third kappa shape index (κ3) is 1.51. The van der Waals surface area contributed by atoms with Gasteiger partial charge in [-0.2, -0.15) is 0 Å². The summed E-state index contributed by atoms with van der Waals surface area (Å²) in [5.74, 6) is 0.418. The van der Waals surface area contributed by atoms with Crippen LogP contribution < -0.4 is 10.5 Å². The van der Waals surface area contributed by atoms with Crippen molar-refractivity contribution in [1.82, 2.24) is 15.1 Å². The number of nitrogens with one attached hydrogen (secondary N) is 1. The van der Waals surface area contributed by atoms with Crippen molar-refractivity contribution in [3.8, 4) is 0 Å². The summed E-state index contributed by atoms with van der Waals surface area (Å²) in [6.07, 6.45) is 0. The Hall–Kier alpha value is -1.11. The first-order valence-electron chi connectivity index (χ1n) is 4.12. The van der Waals surface area contributed by atoms with Gasteiger partial charge in [0.05, 0.1) is 19.3 Å². The molecule has 0 aromatic carbocycles. The molecular weight excluding hydrogens is 172 g/mol. The van der Waals surface area contributed by atoms with Gasteiger partial charge >= 0.3 is 0 Å². The molecule has 0 atom stereocenters. The lowest BCUT2D eigenvalue weighted by molar-refractivity contribution is -0.0133. The van der Waals surface area contributed by atoms with Gasteiger partial charge in [0.1, 0.15) is 0 Å². The quantitative estimate of drug-likeness (QED) is 0.620. The van der Waals surface area contributed by atoms with E-state index in [4.69, 9.17) is 0 Å². The molecule has 0 amide bonds. The van der Waals surface area contributed by atoms with E-state index in [0.29, 0.717) is 11.0 Å². The fraction of sp³-hybridized carbons (Fsp3) is 0.571. The van der Waals surface area contributed by atoms with Gasteiger partial charge < -0.3 is 5.32 Å². The lowest BCUT2D eigenvalue weighted by atomic mass is 10.3. The monoisotopic (exact) mass is 184 g/mol. The molecule has 0 fully saturated rings. The largest absolute Gasteiger partial charge is 0.309 e. The maximum absolute atomic E-state index is 9.19. The van der Waals surface area contributed by atoms with Crippen molar-refractivity contribution in [1.29, 1.82) is 0 Å². The second-order valence-corrected chi connectivity index (χ2v) is 2.85. The zero-order chi connectivity index (χ0) is 9.26. The van der Waals surface area contributed by atoms with E-state index < -0.39 is 0 Å². The zero-order valence-corrected chi connectivity index (χ0v) is 7.40. The molecule has 0 aliphatic carbocycles. The predicted octanol–water partition coefficient (Wildman–Crippen LogP) is -0.257. The Morgan fingerprint density at radius 2 is 2.62 bits per heavy atom. The summed E-state index contributed by atoms with van der Waals surface area (Å²) in [7, 11) is 1.39. The number of nitrogens with zero attached hydrogens (tertiary/aromatic N) is 3. The molecule has 1 aromatic rings. The molecule has 0 bridgehead atoms. The van der Waals surface area contributed by atoms with Crippen molar-refractivity contribution in [3.05, 3.63) is 11.8 Å². The van der Waals surface area contributed by atoms with Gasteiger partial charge in [0.2, 0.25) is 5.82 Å². The molecule has 0 saturated carbocycles. The molecule has 72 valence electrons. The summed E-state index contributed by atoms with van der Waals surface area (Å²) in [5.41, 5.74) is 1.05. The Morgan fingerprint density at radius 1 is 1.77 bits per heavy atom. The predicted molar refractivity (Wildman–Crippen MR) is 45.2 cm³/mol. The second kappa shape index (κ2) is 3.33. The molecule has 0 unspecified atom stereocenters. The van der Waals surface area contributed by atoms with Crippen LogP contribution in [0.4, 0.5) is 5.82 Å². The molecule has 0 saturated heterocycles. The summed E-state index contributed by atoms with van der Waals surface area (Å²) in [4.78, 5) is 4.61. The third-order valence-corrected chi connectivity index (χ3v) is 2.03. The maximum atomic E-state index is 9.19. The van der Waals surface area contributed by atoms with Crippen molar-refractivity contribution in [2.45, 2.75) is 13.1 Å². The molecule has 13 heavy (non-hydrogen) atoms. The number of aromatic nitrogens is 2. The highest BCUT2D eigenvalue weighted by Gasteiger charge is 2.14. The molecule has 2 rings (SSSR count). The zero-order valence-electron chi connectivity index (χ0n) is 7.40. The van der Waals surface area contributed by atoms with Gasteiger partial charge in [-0.3, -0.25) is 14.7 Å². The topological polar surface area (TPSA) is 62.6 Å². The average Bonchev–Trinajstić information content (AvgIpc) is 2.59. The summed E-state index contributed by atoms with van der Waals surface area (Å²) >= 11 is 0. The van der Waals surface area contributed by atoms with Gasteiger partial charge in [0, 0.05) is 19.2 Å². The van der Waals surface area contributed by atoms with Crippen molar-refractivity contribution in [2.24, 2.45) is 0 Å². The van der Waals surface area contributed by atoms with Crippen molar-refractivity contribution < 1.29 is 10.0 Å². The van der Waals surface area contributed by atoms with Crippen LogP contribution in [0.5, 0.6) is 0 Å². The van der Waals surface area contributed by atoms with Crippen LogP contribution >= 0.6 is 0 Å². The fourth-order valence-electron chi connectivity index (χ4n) is 1.36. The van der Waals surface area contributed by atoms with Crippen LogP contribution in [0.1, 0.15) is 5.69 Å². The Morgan fingerprint density at radius 3 is 3.31 bits per heavy atom. The minimum atomic E-state index is 0.418. The lowest BCUT2D eigenvalue weighted by Crippen LogP contribution is -2.28. The smallest absolute Gasteiger partial charge is 0.204 e. The van der Waals surface area contributed by atoms with Crippen LogP contribution in [0.2, 0.25) is 0 Å². The highest BCUT2D eigenvalue weighted by molar-refractivity contribution is 5.34. The van der Waals surface area contributed by atoms with Crippen LogP contribution in [0.3, 0.4) is 0 Å². The Labute approximate surface area is 75.6 Å². The van der Waals surface area contributed by atoms with Crippen LogP contribution in [0.15, 0.2) is 6.07 Å². The highest BCUT2D eigenvalue weighted by atomic mass is 16.9. The number of hydrogen-bond donors (Lipinski definition) is 2. The van der Waals surface area contributed by atoms with Crippen LogP contribution in [-0.4, -0.2) is 28.6 Å². The van der Waals surface area contributed by atoms with Crippen molar-refractivity contribution in [2.75, 3.05) is 18.9 Å². The van der Waals surface area contributed by atoms with Crippen LogP contribution in [0.25, 0.3) is 0 Å². The molecule has 1 aliphatic heterocycles. The standard InChI is InChI=1S/C7H12N4O2/c1-13-11(12)7-4-6-5-8-2-3-10(6)9-7/h4,8,12H,2-3,5H2,1H3. The van der Waals surface area contributed by atoms with E-state index in [-0.39, 0.29) is 0 Å². The molecule has 6 heteroatoms. The SMILES string of the molecule is CON(O)c1cc2n(n1)CCNC2. The first-order chi connectivity index (χ1) is 6.31. The summed E-state index contributed by atoms with van der Waals surface area (Å²) < 4.78 is 1.86. The van der Waals surface area contributed by atoms with E-state index in [0.717, 1.165) is 25.3 Å². The third-order valence-electron chi connectivity index (χ3n) is 2.03. The van der Waals surface area contributed by atoms with E-state index >= 15 is 0 Å². The minimum absolute atomic E-state index is 0.418. The first kappa shape index (κ1) is 8.49. The molecule has 2 heterocycles. The fourth-order valence-corrected chi connectivity index (χ4v) is 1.36. The average molecular weight is 184 g/mol. The van der Waals surface area contributed by atoms with Crippen LogP contribution in [0, 0.1) is 0 Å². The van der Waals surface area contributed by atoms with Gasteiger partial charge in [-0.25, -0.2) is 0 Å². The number of anilines is 1. The van der Waals surface area contributed by atoms with Gasteiger partial charge in [-0.15, -0.1) is 10.3 Å². The van der Waals surface area contributed by atoms with Crippen molar-refractivity contribution in [3.63, 3.8) is 0 Å². The van der Waals surface area contributed by atoms with Gasteiger partial charge in [0.25, 0.3) is 0 Å². The molecule has 6 nitrogen and oxygen atoms in total. The minimum Gasteiger partial charge on any atom is -0.309 e. The van der Waals surface area contributed by atoms with E-state index in [1.807, 2.05) is 4.68 Å². The summed E-state index contributed by atoms with van der Waals surface area (Å²) in [6, 6.07) is 1.79. The van der Waals surface area contributed by atoms with Gasteiger partial charge in [-0.1, -0.05) is 0 Å². The Balaban J connectivity index is 2.25. The van der Waals surface area contributed by atoms with Gasteiger partial charge in [-0.05, 0) is 0 Å². The summed E-state index contributed by atoms with van der Waals surface area (Å²) in [5, 5.41) is 17.2. The lowest BCUT2D eigenvalue weighted by Gasteiger charge is -2.13. The Kier molecular flexibility index (Phi) is 2.17. The molecule has 1 aromatic heterocycles. The highest BCUT2D eigenvalue weighted by Crippen LogP contribution is 2.14. The normalized spacial score (nSPS) is 15.5. The summed E-state index contributed by atoms with van der Waals surface area (Å²) in [6.45, 7) is 2.52. The molecule has 2 N–H and O–H groups in total.